The van der Waals surface area contributed by atoms with Crippen molar-refractivity contribution in [3.8, 4) is 0 Å². The normalized spacial score (nSPS) is 15.1. The summed E-state index contributed by atoms with van der Waals surface area (Å²) >= 11 is 0. The van der Waals surface area contributed by atoms with Crippen molar-refractivity contribution in [1.29, 1.82) is 0 Å². The summed E-state index contributed by atoms with van der Waals surface area (Å²) in [6.07, 6.45) is 0.834. The van der Waals surface area contributed by atoms with Crippen molar-refractivity contribution in [3.63, 3.8) is 0 Å². The van der Waals surface area contributed by atoms with Crippen LogP contribution in [0.1, 0.15) is 27.9 Å². The number of para-hydroxylation sites is 1. The molecule has 1 aliphatic heterocycles. The lowest BCUT2D eigenvalue weighted by Crippen LogP contribution is -2.35. The predicted molar refractivity (Wildman–Crippen MR) is 131 cm³/mol. The maximum Gasteiger partial charge on any atom is 0.261 e. The van der Waals surface area contributed by atoms with Gasteiger partial charge >= 0.3 is 0 Å². The average molecular weight is 482 g/mol. The van der Waals surface area contributed by atoms with E-state index in [2.05, 4.69) is 40.8 Å². The van der Waals surface area contributed by atoms with Gasteiger partial charge in [0.1, 0.15) is 5.82 Å². The van der Waals surface area contributed by atoms with Crippen LogP contribution in [0.2, 0.25) is 0 Å². The number of hydrogen-bond acceptors (Lipinski definition) is 4. The fraction of sp³-hybridized carbons (Fsp3) is 0.269. The van der Waals surface area contributed by atoms with Gasteiger partial charge in [-0.1, -0.05) is 42.0 Å². The van der Waals surface area contributed by atoms with E-state index < -0.39 is 15.8 Å². The van der Waals surface area contributed by atoms with E-state index in [0.29, 0.717) is 18.7 Å². The molecule has 1 saturated heterocycles. The van der Waals surface area contributed by atoms with Crippen molar-refractivity contribution < 1.29 is 17.6 Å². The van der Waals surface area contributed by atoms with E-state index in [1.807, 2.05) is 0 Å². The Kier molecular flexibility index (Phi) is 7.29. The van der Waals surface area contributed by atoms with E-state index in [1.54, 1.807) is 29.2 Å². The highest BCUT2D eigenvalue weighted by Gasteiger charge is 2.24. The number of anilines is 1. The fourth-order valence-corrected chi connectivity index (χ4v) is 5.11. The number of aryl methyl sites for hydroxylation is 1. The summed E-state index contributed by atoms with van der Waals surface area (Å²) < 4.78 is 41.3. The van der Waals surface area contributed by atoms with Gasteiger partial charge in [-0.2, -0.15) is 0 Å². The zero-order valence-electron chi connectivity index (χ0n) is 19.1. The van der Waals surface area contributed by atoms with Gasteiger partial charge in [-0.3, -0.25) is 14.4 Å². The molecule has 0 spiro atoms. The fourth-order valence-electron chi connectivity index (χ4n) is 4.03. The molecule has 0 bridgehead atoms. The topological polar surface area (TPSA) is 69.7 Å². The van der Waals surface area contributed by atoms with Crippen molar-refractivity contribution in [2.45, 2.75) is 24.8 Å². The minimum absolute atomic E-state index is 0.0716. The molecule has 1 heterocycles. The third-order valence-corrected chi connectivity index (χ3v) is 7.31. The van der Waals surface area contributed by atoms with Gasteiger partial charge in [-0.25, -0.2) is 12.8 Å². The molecule has 1 N–H and O–H groups in total. The number of benzene rings is 3. The lowest BCUT2D eigenvalue weighted by atomic mass is 10.1. The number of carbonyl (C=O) groups excluding carboxylic acids is 1. The molecule has 3 aromatic carbocycles. The van der Waals surface area contributed by atoms with Crippen LogP contribution in [-0.2, 0) is 16.6 Å². The van der Waals surface area contributed by atoms with Crippen molar-refractivity contribution in [2.24, 2.45) is 0 Å². The first-order valence-corrected chi connectivity index (χ1v) is 12.7. The van der Waals surface area contributed by atoms with Crippen molar-refractivity contribution >= 4 is 21.6 Å². The zero-order chi connectivity index (χ0) is 24.1. The standard InChI is InChI=1S/C26H28FN3O3S/c1-20-7-9-21(10-8-20)19-29-15-4-16-30(18-17-29)26(31)24-5-2-3-6-25(24)28-34(32,33)23-13-11-22(27)12-14-23/h2-3,5-14,28H,4,15-19H2,1H3. The van der Waals surface area contributed by atoms with Crippen LogP contribution in [0.15, 0.2) is 77.7 Å². The van der Waals surface area contributed by atoms with Crippen LogP contribution in [0.25, 0.3) is 0 Å². The predicted octanol–water partition coefficient (Wildman–Crippen LogP) is 4.28. The summed E-state index contributed by atoms with van der Waals surface area (Å²) in [6, 6.07) is 19.6. The van der Waals surface area contributed by atoms with Gasteiger partial charge in [0.15, 0.2) is 0 Å². The summed E-state index contributed by atoms with van der Waals surface area (Å²) in [7, 11) is -3.97. The van der Waals surface area contributed by atoms with Gasteiger partial charge in [-0.05, 0) is 55.3 Å². The SMILES string of the molecule is Cc1ccc(CN2CCCN(C(=O)c3ccccc3NS(=O)(=O)c3ccc(F)cc3)CC2)cc1. The Hall–Kier alpha value is -3.23. The van der Waals surface area contributed by atoms with Gasteiger partial charge in [0.2, 0.25) is 0 Å². The molecule has 1 aliphatic rings. The number of amides is 1. The molecule has 8 heteroatoms. The molecule has 4 rings (SSSR count). The summed E-state index contributed by atoms with van der Waals surface area (Å²) in [5, 5.41) is 0. The summed E-state index contributed by atoms with van der Waals surface area (Å²) in [4.78, 5) is 17.4. The molecule has 1 amide bonds. The maximum atomic E-state index is 13.4. The average Bonchev–Trinajstić information content (AvgIpc) is 3.06. The van der Waals surface area contributed by atoms with E-state index >= 15 is 0 Å². The first-order valence-electron chi connectivity index (χ1n) is 11.3. The van der Waals surface area contributed by atoms with Crippen LogP contribution in [0, 0.1) is 12.7 Å². The van der Waals surface area contributed by atoms with Gasteiger partial charge < -0.3 is 4.90 Å². The number of sulfonamides is 1. The third-order valence-electron chi connectivity index (χ3n) is 5.93. The van der Waals surface area contributed by atoms with Crippen LogP contribution in [0.4, 0.5) is 10.1 Å². The number of nitrogens with one attached hydrogen (secondary N) is 1. The Morgan fingerprint density at radius 2 is 1.62 bits per heavy atom. The van der Waals surface area contributed by atoms with E-state index in [4.69, 9.17) is 0 Å². The largest absolute Gasteiger partial charge is 0.337 e. The van der Waals surface area contributed by atoms with Crippen molar-refractivity contribution in [2.75, 3.05) is 30.9 Å². The van der Waals surface area contributed by atoms with Crippen LogP contribution in [-0.4, -0.2) is 50.3 Å². The molecule has 0 aromatic heterocycles. The monoisotopic (exact) mass is 481 g/mol. The number of hydrogen-bond donors (Lipinski definition) is 1. The molecule has 0 aliphatic carbocycles. The molecule has 0 radical (unpaired) electrons. The Labute approximate surface area is 200 Å². The molecular formula is C26H28FN3O3S. The molecule has 178 valence electrons. The quantitative estimate of drug-likeness (QED) is 0.571. The summed E-state index contributed by atoms with van der Waals surface area (Å²) in [5.74, 6) is -0.735. The second kappa shape index (κ2) is 10.4. The van der Waals surface area contributed by atoms with Gasteiger partial charge in [0.25, 0.3) is 15.9 Å². The van der Waals surface area contributed by atoms with Gasteiger partial charge in [0.05, 0.1) is 16.1 Å². The molecule has 6 nitrogen and oxygen atoms in total. The number of carbonyl (C=O) groups is 1. The molecule has 0 atom stereocenters. The lowest BCUT2D eigenvalue weighted by molar-refractivity contribution is 0.0762. The van der Waals surface area contributed by atoms with Gasteiger partial charge in [0, 0.05) is 32.7 Å². The van der Waals surface area contributed by atoms with Crippen LogP contribution in [0.3, 0.4) is 0 Å². The lowest BCUT2D eigenvalue weighted by Gasteiger charge is -2.23. The Balaban J connectivity index is 1.46. The minimum Gasteiger partial charge on any atom is -0.337 e. The number of halogens is 1. The Bertz CT molecular complexity index is 1250. The smallest absolute Gasteiger partial charge is 0.261 e. The summed E-state index contributed by atoms with van der Waals surface area (Å²) in [5.41, 5.74) is 2.97. The highest BCUT2D eigenvalue weighted by atomic mass is 32.2. The minimum atomic E-state index is -3.97. The van der Waals surface area contributed by atoms with Crippen LogP contribution >= 0.6 is 0 Å². The Morgan fingerprint density at radius 3 is 2.35 bits per heavy atom. The van der Waals surface area contributed by atoms with E-state index in [9.17, 15) is 17.6 Å². The second-order valence-electron chi connectivity index (χ2n) is 8.51. The van der Waals surface area contributed by atoms with Crippen molar-refractivity contribution in [1.82, 2.24) is 9.80 Å². The number of rotatable bonds is 6. The highest BCUT2D eigenvalue weighted by Crippen LogP contribution is 2.23. The van der Waals surface area contributed by atoms with Crippen LogP contribution < -0.4 is 4.72 Å². The molecular weight excluding hydrogens is 453 g/mol. The first kappa shape index (κ1) is 23.9. The molecule has 0 saturated carbocycles. The number of nitrogens with zero attached hydrogens (tertiary/aromatic N) is 2. The van der Waals surface area contributed by atoms with E-state index in [1.165, 1.54) is 23.3 Å². The first-order chi connectivity index (χ1) is 16.3. The van der Waals surface area contributed by atoms with Crippen LogP contribution in [0.5, 0.6) is 0 Å². The zero-order valence-corrected chi connectivity index (χ0v) is 19.9. The molecule has 1 fully saturated rings. The second-order valence-corrected chi connectivity index (χ2v) is 10.2. The van der Waals surface area contributed by atoms with E-state index in [0.717, 1.165) is 38.2 Å². The highest BCUT2D eigenvalue weighted by molar-refractivity contribution is 7.92. The van der Waals surface area contributed by atoms with Gasteiger partial charge in [-0.15, -0.1) is 0 Å². The summed E-state index contributed by atoms with van der Waals surface area (Å²) in [6.45, 7) is 5.68. The Morgan fingerprint density at radius 1 is 0.912 bits per heavy atom. The molecule has 3 aromatic rings. The van der Waals surface area contributed by atoms with Crippen molar-refractivity contribution in [3.05, 3.63) is 95.3 Å². The maximum absolute atomic E-state index is 13.4. The molecule has 0 unspecified atom stereocenters. The van der Waals surface area contributed by atoms with E-state index in [-0.39, 0.29) is 16.5 Å². The molecule has 34 heavy (non-hydrogen) atoms. The third kappa shape index (κ3) is 5.81.